The van der Waals surface area contributed by atoms with E-state index in [1.165, 1.54) is 27.8 Å². The van der Waals surface area contributed by atoms with E-state index in [2.05, 4.69) is 75.4 Å². The molecule has 0 heterocycles. The number of allylic oxidation sites excluding steroid dienone is 2. The first kappa shape index (κ1) is 12.6. The van der Waals surface area contributed by atoms with Crippen molar-refractivity contribution >= 4 is 5.57 Å². The van der Waals surface area contributed by atoms with Gasteiger partial charge in [-0.2, -0.15) is 0 Å². The number of hydrogen-bond donors (Lipinski definition) is 0. The molecule has 0 saturated carbocycles. The van der Waals surface area contributed by atoms with Crippen LogP contribution in [0.3, 0.4) is 0 Å². The number of rotatable bonds is 3. The lowest BCUT2D eigenvalue weighted by molar-refractivity contribution is 1.25. The largest absolute Gasteiger partial charge is 0.0766 e. The van der Waals surface area contributed by atoms with Gasteiger partial charge >= 0.3 is 0 Å². The Morgan fingerprint density at radius 3 is 1.89 bits per heavy atom. The summed E-state index contributed by atoms with van der Waals surface area (Å²) < 4.78 is 0. The maximum Gasteiger partial charge on any atom is -0.00915 e. The van der Waals surface area contributed by atoms with Gasteiger partial charge in [-0.3, -0.25) is 0 Å². The van der Waals surface area contributed by atoms with Crippen molar-refractivity contribution in [3.05, 3.63) is 76.9 Å². The molecule has 0 aliphatic rings. The van der Waals surface area contributed by atoms with Crippen molar-refractivity contribution in [1.29, 1.82) is 0 Å². The molecule has 2 aromatic rings. The Labute approximate surface area is 110 Å². The molecule has 2 aromatic carbocycles. The predicted molar refractivity (Wildman–Crippen MR) is 79.7 cm³/mol. The van der Waals surface area contributed by atoms with Crippen LogP contribution in [0.25, 0.3) is 5.57 Å². The SMILES string of the molecule is CC(=CCc1ccc(C)cc1)c1ccc(C)cc1. The Kier molecular flexibility index (Phi) is 3.99. The molecule has 0 aromatic heterocycles. The second kappa shape index (κ2) is 5.68. The quantitative estimate of drug-likeness (QED) is 0.707. The number of aryl methyl sites for hydroxylation is 2. The first-order chi connectivity index (χ1) is 8.65. The summed E-state index contributed by atoms with van der Waals surface area (Å²) in [5, 5.41) is 0. The summed E-state index contributed by atoms with van der Waals surface area (Å²) in [7, 11) is 0. The zero-order chi connectivity index (χ0) is 13.0. The third-order valence-electron chi connectivity index (χ3n) is 3.27. The summed E-state index contributed by atoms with van der Waals surface area (Å²) in [6.45, 7) is 6.42. The van der Waals surface area contributed by atoms with Crippen LogP contribution >= 0.6 is 0 Å². The smallest absolute Gasteiger partial charge is 0.00915 e. The summed E-state index contributed by atoms with van der Waals surface area (Å²) in [5.74, 6) is 0. The van der Waals surface area contributed by atoms with E-state index in [1.807, 2.05) is 0 Å². The van der Waals surface area contributed by atoms with E-state index in [0.717, 1.165) is 6.42 Å². The normalized spacial score (nSPS) is 11.6. The zero-order valence-electron chi connectivity index (χ0n) is 11.4. The summed E-state index contributed by atoms with van der Waals surface area (Å²) in [6, 6.07) is 17.5. The third kappa shape index (κ3) is 3.33. The molecule has 0 radical (unpaired) electrons. The standard InChI is InChI=1S/C18H20/c1-14-4-9-17(10-5-14)11-8-16(3)18-12-6-15(2)7-13-18/h4-10,12-13H,11H2,1-3H3. The fourth-order valence-corrected chi connectivity index (χ4v) is 1.93. The Hall–Kier alpha value is -1.82. The van der Waals surface area contributed by atoms with Gasteiger partial charge in [-0.15, -0.1) is 0 Å². The van der Waals surface area contributed by atoms with E-state index < -0.39 is 0 Å². The van der Waals surface area contributed by atoms with Crippen molar-refractivity contribution in [3.63, 3.8) is 0 Å². The van der Waals surface area contributed by atoms with Crippen molar-refractivity contribution in [2.75, 3.05) is 0 Å². The minimum atomic E-state index is 1.000. The molecule has 0 aliphatic heterocycles. The van der Waals surface area contributed by atoms with Gasteiger partial charge in [-0.05, 0) is 43.9 Å². The third-order valence-corrected chi connectivity index (χ3v) is 3.27. The Morgan fingerprint density at radius 1 is 0.833 bits per heavy atom. The minimum absolute atomic E-state index is 1.000. The predicted octanol–water partition coefficient (Wildman–Crippen LogP) is 4.95. The lowest BCUT2D eigenvalue weighted by Crippen LogP contribution is -1.85. The Balaban J connectivity index is 2.09. The van der Waals surface area contributed by atoms with Gasteiger partial charge in [0.05, 0.1) is 0 Å². The highest BCUT2D eigenvalue weighted by Gasteiger charge is 1.96. The summed E-state index contributed by atoms with van der Waals surface area (Å²) >= 11 is 0. The molecule has 0 spiro atoms. The van der Waals surface area contributed by atoms with Crippen LogP contribution in [0.15, 0.2) is 54.6 Å². The average molecular weight is 236 g/mol. The van der Waals surface area contributed by atoms with Gasteiger partial charge in [-0.1, -0.05) is 65.7 Å². The molecule has 0 aliphatic carbocycles. The highest BCUT2D eigenvalue weighted by molar-refractivity contribution is 5.64. The van der Waals surface area contributed by atoms with Crippen LogP contribution in [0, 0.1) is 13.8 Å². The lowest BCUT2D eigenvalue weighted by Gasteiger charge is -2.03. The van der Waals surface area contributed by atoms with Crippen LogP contribution in [0.2, 0.25) is 0 Å². The second-order valence-electron chi connectivity index (χ2n) is 4.94. The Bertz CT molecular complexity index is 527. The van der Waals surface area contributed by atoms with Crippen molar-refractivity contribution in [2.24, 2.45) is 0 Å². The van der Waals surface area contributed by atoms with E-state index in [-0.39, 0.29) is 0 Å². The molecule has 0 bridgehead atoms. The van der Waals surface area contributed by atoms with Gasteiger partial charge in [0.2, 0.25) is 0 Å². The molecular weight excluding hydrogens is 216 g/mol. The summed E-state index contributed by atoms with van der Waals surface area (Å²) in [4.78, 5) is 0. The van der Waals surface area contributed by atoms with E-state index in [4.69, 9.17) is 0 Å². The first-order valence-corrected chi connectivity index (χ1v) is 6.44. The molecule has 92 valence electrons. The Morgan fingerprint density at radius 2 is 1.33 bits per heavy atom. The highest BCUT2D eigenvalue weighted by atomic mass is 14.0. The van der Waals surface area contributed by atoms with Crippen LogP contribution < -0.4 is 0 Å². The monoisotopic (exact) mass is 236 g/mol. The molecule has 2 rings (SSSR count). The van der Waals surface area contributed by atoms with E-state index in [9.17, 15) is 0 Å². The van der Waals surface area contributed by atoms with Gasteiger partial charge < -0.3 is 0 Å². The molecule has 0 saturated heterocycles. The van der Waals surface area contributed by atoms with Gasteiger partial charge in [0.1, 0.15) is 0 Å². The van der Waals surface area contributed by atoms with Crippen molar-refractivity contribution in [3.8, 4) is 0 Å². The van der Waals surface area contributed by atoms with Crippen molar-refractivity contribution in [2.45, 2.75) is 27.2 Å². The molecular formula is C18H20. The molecule has 0 nitrogen and oxygen atoms in total. The fraction of sp³-hybridized carbons (Fsp3) is 0.222. The second-order valence-corrected chi connectivity index (χ2v) is 4.94. The first-order valence-electron chi connectivity index (χ1n) is 6.44. The van der Waals surface area contributed by atoms with Crippen LogP contribution in [0.1, 0.15) is 29.2 Å². The molecule has 0 amide bonds. The molecule has 0 heteroatoms. The number of hydrogen-bond acceptors (Lipinski definition) is 0. The van der Waals surface area contributed by atoms with Gasteiger partial charge in [0.15, 0.2) is 0 Å². The van der Waals surface area contributed by atoms with E-state index in [1.54, 1.807) is 0 Å². The highest BCUT2D eigenvalue weighted by Crippen LogP contribution is 2.15. The topological polar surface area (TPSA) is 0 Å². The zero-order valence-corrected chi connectivity index (χ0v) is 11.4. The van der Waals surface area contributed by atoms with Gasteiger partial charge in [0.25, 0.3) is 0 Å². The summed E-state index contributed by atoms with van der Waals surface area (Å²) in [6.07, 6.45) is 3.30. The van der Waals surface area contributed by atoms with Crippen LogP contribution in [0.4, 0.5) is 0 Å². The lowest BCUT2D eigenvalue weighted by atomic mass is 10.0. The molecule has 18 heavy (non-hydrogen) atoms. The van der Waals surface area contributed by atoms with Crippen molar-refractivity contribution < 1.29 is 0 Å². The maximum absolute atomic E-state index is 2.30. The van der Waals surface area contributed by atoms with Gasteiger partial charge in [0, 0.05) is 0 Å². The van der Waals surface area contributed by atoms with Crippen LogP contribution in [-0.2, 0) is 6.42 Å². The van der Waals surface area contributed by atoms with E-state index >= 15 is 0 Å². The molecule has 0 fully saturated rings. The molecule has 0 unspecified atom stereocenters. The number of benzene rings is 2. The van der Waals surface area contributed by atoms with Gasteiger partial charge in [-0.25, -0.2) is 0 Å². The van der Waals surface area contributed by atoms with E-state index in [0.29, 0.717) is 0 Å². The molecule has 0 atom stereocenters. The van der Waals surface area contributed by atoms with Crippen LogP contribution in [-0.4, -0.2) is 0 Å². The minimum Gasteiger partial charge on any atom is -0.0766 e. The average Bonchev–Trinajstić information content (AvgIpc) is 2.38. The summed E-state index contributed by atoms with van der Waals surface area (Å²) in [5.41, 5.74) is 6.65. The maximum atomic E-state index is 2.30. The van der Waals surface area contributed by atoms with Crippen molar-refractivity contribution in [1.82, 2.24) is 0 Å². The fourth-order valence-electron chi connectivity index (χ4n) is 1.93. The molecule has 0 N–H and O–H groups in total. The van der Waals surface area contributed by atoms with Crippen LogP contribution in [0.5, 0.6) is 0 Å².